The minimum absolute atomic E-state index is 0.0765. The molecule has 0 fully saturated rings. The topological polar surface area (TPSA) is 94.1 Å². The summed E-state index contributed by atoms with van der Waals surface area (Å²) in [4.78, 5) is 0. The molecule has 0 unspecified atom stereocenters. The second-order valence-corrected chi connectivity index (χ2v) is 16.8. The molecule has 1 aromatic rings. The minimum Gasteiger partial charge on any atom is -0.497 e. The van der Waals surface area contributed by atoms with E-state index >= 15 is 0 Å². The molecule has 0 saturated carbocycles. The van der Waals surface area contributed by atoms with Crippen LogP contribution in [0, 0.1) is 5.92 Å². The third kappa shape index (κ3) is 10.6. The van der Waals surface area contributed by atoms with E-state index in [1.54, 1.807) is 19.2 Å². The Kier molecular flexibility index (Phi) is 12.7. The number of aliphatic hydroxyl groups is 1. The fourth-order valence-corrected chi connectivity index (χ4v) is 4.90. The molecule has 0 aliphatic rings. The number of nitrogens with one attached hydrogen (secondary N) is 1. The smallest absolute Gasteiger partial charge is 0.497 e. The highest BCUT2D eigenvalue weighted by atomic mass is 32.2. The lowest BCUT2D eigenvalue weighted by atomic mass is 9.91. The quantitative estimate of drug-likeness (QED) is 0.113. The largest absolute Gasteiger partial charge is 0.523 e. The number of benzene rings is 1. The van der Waals surface area contributed by atoms with Crippen molar-refractivity contribution >= 4 is 24.1 Å². The second-order valence-electron chi connectivity index (χ2n) is 10.4. The van der Waals surface area contributed by atoms with E-state index in [9.17, 15) is 26.7 Å². The first-order valence-corrected chi connectivity index (χ1v) is 16.5. The number of anilines is 1. The van der Waals surface area contributed by atoms with Crippen molar-refractivity contribution in [3.63, 3.8) is 0 Å². The van der Waals surface area contributed by atoms with Crippen LogP contribution in [0.5, 0.6) is 5.75 Å². The van der Waals surface area contributed by atoms with Gasteiger partial charge in [-0.15, -0.1) is 0 Å². The average molecular weight is 558 g/mol. The van der Waals surface area contributed by atoms with Crippen LogP contribution < -0.4 is 10.1 Å². The fraction of sp³-hybridized carbons (Fsp3) is 0.750. The number of ether oxygens (including phenoxy) is 1. The summed E-state index contributed by atoms with van der Waals surface area (Å²) in [5.74, 6) is 0.566. The van der Waals surface area contributed by atoms with Gasteiger partial charge in [0.1, 0.15) is 5.75 Å². The molecule has 0 aliphatic carbocycles. The zero-order valence-corrected chi connectivity index (χ0v) is 24.0. The summed E-state index contributed by atoms with van der Waals surface area (Å²) in [5, 5.41) is 13.6. The molecule has 0 radical (unpaired) electrons. The molecule has 2 atom stereocenters. The van der Waals surface area contributed by atoms with Gasteiger partial charge >= 0.3 is 15.6 Å². The number of rotatable bonds is 16. The molecule has 0 heterocycles. The van der Waals surface area contributed by atoms with E-state index in [2.05, 4.69) is 43.4 Å². The summed E-state index contributed by atoms with van der Waals surface area (Å²) < 4.78 is 75.0. The molecule has 1 rings (SSSR count). The summed E-state index contributed by atoms with van der Waals surface area (Å²) in [5.41, 5.74) is -4.62. The summed E-state index contributed by atoms with van der Waals surface area (Å²) in [7, 11) is -5.90. The van der Waals surface area contributed by atoms with Gasteiger partial charge in [0.25, 0.3) is 0 Å². The molecule has 2 N–H and O–H groups in total. The van der Waals surface area contributed by atoms with E-state index in [-0.39, 0.29) is 30.0 Å². The Morgan fingerprint density at radius 1 is 1.00 bits per heavy atom. The van der Waals surface area contributed by atoms with E-state index < -0.39 is 30.6 Å². The van der Waals surface area contributed by atoms with E-state index in [0.29, 0.717) is 31.6 Å². The standard InChI is InChI=1S/C24H42F3NO6SSi/c1-23(2,3)36(5,6)34-17-9-10-19(18-29)22(28-20-12-14-21(32-4)15-13-20)11-7-8-16-33-35(30,31)24(25,26)27/h12-15,19,22,28-29H,7-11,16-18H2,1-6H3/t19-,22-/m1/s1. The molecule has 0 aliphatic heterocycles. The molecule has 0 bridgehead atoms. The number of hydrogen-bond acceptors (Lipinski definition) is 7. The molecule has 0 amide bonds. The van der Waals surface area contributed by atoms with Gasteiger partial charge in [0, 0.05) is 30.9 Å². The first-order valence-electron chi connectivity index (χ1n) is 12.1. The second kappa shape index (κ2) is 14.0. The molecule has 0 spiro atoms. The summed E-state index contributed by atoms with van der Waals surface area (Å²) in [6, 6.07) is 7.11. The van der Waals surface area contributed by atoms with Crippen molar-refractivity contribution in [2.75, 3.05) is 32.2 Å². The lowest BCUT2D eigenvalue weighted by Gasteiger charge is -2.36. The van der Waals surface area contributed by atoms with Crippen LogP contribution >= 0.6 is 0 Å². The number of unbranched alkanes of at least 4 members (excludes halogenated alkanes) is 1. The van der Waals surface area contributed by atoms with Gasteiger partial charge in [-0.25, -0.2) is 0 Å². The van der Waals surface area contributed by atoms with Crippen molar-refractivity contribution in [3.05, 3.63) is 24.3 Å². The predicted octanol–water partition coefficient (Wildman–Crippen LogP) is 5.92. The number of halogens is 3. The van der Waals surface area contributed by atoms with E-state index in [4.69, 9.17) is 9.16 Å². The number of alkyl halides is 3. The van der Waals surface area contributed by atoms with Gasteiger partial charge < -0.3 is 19.6 Å². The van der Waals surface area contributed by atoms with Gasteiger partial charge in [0.2, 0.25) is 0 Å². The van der Waals surface area contributed by atoms with E-state index in [1.807, 2.05) is 12.1 Å². The summed E-state index contributed by atoms with van der Waals surface area (Å²) in [6.07, 6.45) is 2.50. The summed E-state index contributed by atoms with van der Waals surface area (Å²) >= 11 is 0. The third-order valence-electron chi connectivity index (χ3n) is 6.67. The fourth-order valence-electron chi connectivity index (χ4n) is 3.34. The Hall–Kier alpha value is -1.34. The van der Waals surface area contributed by atoms with Crippen LogP contribution in [0.25, 0.3) is 0 Å². The highest BCUT2D eigenvalue weighted by Crippen LogP contribution is 2.36. The Bertz CT molecular complexity index is 873. The Labute approximate surface area is 215 Å². The van der Waals surface area contributed by atoms with Crippen molar-refractivity contribution in [1.29, 1.82) is 0 Å². The van der Waals surface area contributed by atoms with Crippen molar-refractivity contribution in [2.45, 2.75) is 82.6 Å². The molecular formula is C24H42F3NO6SSi. The maximum atomic E-state index is 12.4. The van der Waals surface area contributed by atoms with Crippen molar-refractivity contribution in [1.82, 2.24) is 0 Å². The van der Waals surface area contributed by atoms with Gasteiger partial charge in [-0.2, -0.15) is 21.6 Å². The molecule has 12 heteroatoms. The highest BCUT2D eigenvalue weighted by molar-refractivity contribution is 7.87. The maximum absolute atomic E-state index is 12.4. The zero-order chi connectivity index (χ0) is 27.6. The van der Waals surface area contributed by atoms with Crippen LogP contribution in [0.15, 0.2) is 24.3 Å². The van der Waals surface area contributed by atoms with Crippen molar-refractivity contribution < 1.29 is 40.0 Å². The van der Waals surface area contributed by atoms with Crippen LogP contribution in [0.1, 0.15) is 52.9 Å². The molecule has 0 saturated heterocycles. The van der Waals surface area contributed by atoms with Gasteiger partial charge in [0.05, 0.1) is 13.7 Å². The summed E-state index contributed by atoms with van der Waals surface area (Å²) in [6.45, 7) is 10.9. The average Bonchev–Trinajstić information content (AvgIpc) is 2.77. The minimum atomic E-state index is -5.59. The van der Waals surface area contributed by atoms with E-state index in [1.165, 1.54) is 0 Å². The van der Waals surface area contributed by atoms with Gasteiger partial charge in [-0.05, 0) is 74.5 Å². The van der Waals surface area contributed by atoms with Crippen LogP contribution in [-0.2, 0) is 18.7 Å². The molecule has 0 aromatic heterocycles. The lowest BCUT2D eigenvalue weighted by molar-refractivity contribution is -0.0543. The molecule has 210 valence electrons. The van der Waals surface area contributed by atoms with Crippen LogP contribution in [0.3, 0.4) is 0 Å². The third-order valence-corrected chi connectivity index (χ3v) is 12.2. The first kappa shape index (κ1) is 32.7. The Balaban J connectivity index is 2.76. The maximum Gasteiger partial charge on any atom is 0.523 e. The normalized spacial score (nSPS) is 14.9. The Morgan fingerprint density at radius 3 is 2.11 bits per heavy atom. The lowest BCUT2D eigenvalue weighted by Crippen LogP contribution is -2.41. The number of aliphatic hydroxyl groups excluding tert-OH is 1. The number of methoxy groups -OCH3 is 1. The van der Waals surface area contributed by atoms with E-state index in [0.717, 1.165) is 12.1 Å². The van der Waals surface area contributed by atoms with Gasteiger partial charge in [0.15, 0.2) is 8.32 Å². The molecule has 7 nitrogen and oxygen atoms in total. The predicted molar refractivity (Wildman–Crippen MR) is 138 cm³/mol. The van der Waals surface area contributed by atoms with Crippen LogP contribution in [0.4, 0.5) is 18.9 Å². The van der Waals surface area contributed by atoms with Crippen LogP contribution in [-0.4, -0.2) is 60.3 Å². The molecule has 1 aromatic carbocycles. The van der Waals surface area contributed by atoms with Gasteiger partial charge in [-0.3, -0.25) is 4.18 Å². The van der Waals surface area contributed by atoms with Gasteiger partial charge in [-0.1, -0.05) is 20.8 Å². The zero-order valence-electron chi connectivity index (χ0n) is 22.2. The SMILES string of the molecule is COc1ccc(N[C@H](CCCCOS(=O)(=O)C(F)(F)F)[C@@H](CO)CCCO[Si](C)(C)C(C)(C)C)cc1. The van der Waals surface area contributed by atoms with Crippen molar-refractivity contribution in [2.24, 2.45) is 5.92 Å². The first-order chi connectivity index (χ1) is 16.5. The molecule has 36 heavy (non-hydrogen) atoms. The highest BCUT2D eigenvalue weighted by Gasteiger charge is 2.47. The van der Waals surface area contributed by atoms with Crippen LogP contribution in [0.2, 0.25) is 18.1 Å². The monoisotopic (exact) mass is 557 g/mol. The molecular weight excluding hydrogens is 515 g/mol. The Morgan fingerprint density at radius 2 is 1.61 bits per heavy atom. The van der Waals surface area contributed by atoms with Crippen molar-refractivity contribution in [3.8, 4) is 5.75 Å². The number of hydrogen-bond donors (Lipinski definition) is 2.